The third-order valence-electron chi connectivity index (χ3n) is 1.67. The first-order chi connectivity index (χ1) is 7.66. The molecule has 0 radical (unpaired) electrons. The molecule has 1 amide bonds. The van der Waals surface area contributed by atoms with E-state index in [1.165, 1.54) is 0 Å². The number of hydrogen-bond acceptors (Lipinski definition) is 4. The van der Waals surface area contributed by atoms with E-state index < -0.39 is 21.5 Å². The molecule has 0 unspecified atom stereocenters. The lowest BCUT2D eigenvalue weighted by atomic mass is 10.2. The van der Waals surface area contributed by atoms with Gasteiger partial charge in [-0.3, -0.25) is 0 Å². The molecule has 1 N–H and O–H groups in total. The van der Waals surface area contributed by atoms with Gasteiger partial charge in [0.1, 0.15) is 5.60 Å². The Kier molecular flexibility index (Phi) is 7.08. The molecule has 0 saturated carbocycles. The van der Waals surface area contributed by atoms with Crippen LogP contribution in [0.4, 0.5) is 4.79 Å². The minimum atomic E-state index is -3.08. The number of rotatable bonds is 6. The molecule has 0 saturated heterocycles. The molecule has 102 valence electrons. The van der Waals surface area contributed by atoms with Crippen molar-refractivity contribution in [3.8, 4) is 0 Å². The van der Waals surface area contributed by atoms with Gasteiger partial charge in [0.25, 0.3) is 0 Å². The zero-order valence-corrected chi connectivity index (χ0v) is 12.9. The Labute approximate surface area is 111 Å². The van der Waals surface area contributed by atoms with E-state index in [4.69, 9.17) is 4.74 Å². The average Bonchev–Trinajstić information content (AvgIpc) is 2.11. The second kappa shape index (κ2) is 7.20. The molecule has 0 aliphatic carbocycles. The summed E-state index contributed by atoms with van der Waals surface area (Å²) in [5, 5.41) is 3.08. The average molecular weight is 330 g/mol. The van der Waals surface area contributed by atoms with E-state index in [0.717, 1.165) is 0 Å². The van der Waals surface area contributed by atoms with Crippen molar-refractivity contribution in [1.29, 1.82) is 0 Å². The predicted octanol–water partition coefficient (Wildman–Crippen LogP) is 1.71. The molecule has 7 heteroatoms. The van der Waals surface area contributed by atoms with Gasteiger partial charge in [-0.1, -0.05) is 15.9 Å². The maximum atomic E-state index is 11.4. The Balaban J connectivity index is 3.88. The molecule has 0 heterocycles. The minimum absolute atomic E-state index is 0.0563. The van der Waals surface area contributed by atoms with Crippen LogP contribution in [-0.4, -0.2) is 43.5 Å². The van der Waals surface area contributed by atoms with Crippen molar-refractivity contribution < 1.29 is 17.9 Å². The van der Waals surface area contributed by atoms with Gasteiger partial charge in [-0.25, -0.2) is 13.2 Å². The van der Waals surface area contributed by atoms with Crippen molar-refractivity contribution in [3.05, 3.63) is 0 Å². The van der Waals surface area contributed by atoms with Crippen molar-refractivity contribution >= 4 is 31.9 Å². The van der Waals surface area contributed by atoms with Gasteiger partial charge < -0.3 is 10.1 Å². The molecule has 0 atom stereocenters. The molecular weight excluding hydrogens is 310 g/mol. The van der Waals surface area contributed by atoms with Gasteiger partial charge in [-0.15, -0.1) is 0 Å². The first-order valence-corrected chi connectivity index (χ1v) is 8.34. The van der Waals surface area contributed by atoms with E-state index >= 15 is 0 Å². The number of carbonyl (C=O) groups excluding carboxylic acids is 1. The standard InChI is InChI=1S/C10H20BrNO4S/c1-10(2,3)16-9(13)12-6-8-17(14,15)7-4-5-11/h4-8H2,1-3H3,(H,12,13). The largest absolute Gasteiger partial charge is 0.444 e. The van der Waals surface area contributed by atoms with Crippen LogP contribution in [0.2, 0.25) is 0 Å². The maximum Gasteiger partial charge on any atom is 0.407 e. The van der Waals surface area contributed by atoms with Crippen LogP contribution in [0.1, 0.15) is 27.2 Å². The van der Waals surface area contributed by atoms with Gasteiger partial charge in [0, 0.05) is 11.9 Å². The Hall–Kier alpha value is -0.300. The summed E-state index contributed by atoms with van der Waals surface area (Å²) in [5.74, 6) is 0.0769. The number of alkyl halides is 1. The van der Waals surface area contributed by atoms with Crippen molar-refractivity contribution in [1.82, 2.24) is 5.32 Å². The summed E-state index contributed by atoms with van der Waals surface area (Å²) in [4.78, 5) is 11.2. The molecule has 0 rings (SSSR count). The Morgan fingerprint density at radius 1 is 1.29 bits per heavy atom. The van der Waals surface area contributed by atoms with Crippen LogP contribution in [0.25, 0.3) is 0 Å². The van der Waals surface area contributed by atoms with Gasteiger partial charge in [-0.2, -0.15) is 0 Å². The summed E-state index contributed by atoms with van der Waals surface area (Å²) in [6.45, 7) is 5.33. The van der Waals surface area contributed by atoms with Crippen molar-refractivity contribution in [2.75, 3.05) is 23.4 Å². The molecule has 0 aliphatic heterocycles. The molecule has 5 nitrogen and oxygen atoms in total. The number of halogens is 1. The van der Waals surface area contributed by atoms with Gasteiger partial charge in [0.15, 0.2) is 9.84 Å². The van der Waals surface area contributed by atoms with E-state index in [0.29, 0.717) is 11.8 Å². The van der Waals surface area contributed by atoms with E-state index in [1.807, 2.05) is 0 Å². The Morgan fingerprint density at radius 2 is 1.88 bits per heavy atom. The fourth-order valence-electron chi connectivity index (χ4n) is 0.999. The SMILES string of the molecule is CC(C)(C)OC(=O)NCCS(=O)(=O)CCCBr. The molecule has 0 aromatic carbocycles. The highest BCUT2D eigenvalue weighted by molar-refractivity contribution is 9.09. The van der Waals surface area contributed by atoms with Crippen molar-refractivity contribution in [2.45, 2.75) is 32.8 Å². The highest BCUT2D eigenvalue weighted by atomic mass is 79.9. The second-order valence-corrected chi connectivity index (χ2v) is 7.72. The third-order valence-corrected chi connectivity index (χ3v) is 3.97. The van der Waals surface area contributed by atoms with Crippen LogP contribution in [0.15, 0.2) is 0 Å². The molecule has 17 heavy (non-hydrogen) atoms. The molecule has 0 aromatic heterocycles. The molecule has 0 bridgehead atoms. The quantitative estimate of drug-likeness (QED) is 0.753. The topological polar surface area (TPSA) is 72.5 Å². The maximum absolute atomic E-state index is 11.4. The van der Waals surface area contributed by atoms with Gasteiger partial charge in [0.05, 0.1) is 11.5 Å². The predicted molar refractivity (Wildman–Crippen MR) is 71.3 cm³/mol. The van der Waals surface area contributed by atoms with Crippen LogP contribution in [-0.2, 0) is 14.6 Å². The summed E-state index contributed by atoms with van der Waals surface area (Å²) in [6, 6.07) is 0. The number of ether oxygens (including phenoxy) is 1. The van der Waals surface area contributed by atoms with Gasteiger partial charge in [-0.05, 0) is 27.2 Å². The van der Waals surface area contributed by atoms with Crippen LogP contribution in [0.3, 0.4) is 0 Å². The molecular formula is C10H20BrNO4S. The normalized spacial score (nSPS) is 12.2. The fourth-order valence-corrected chi connectivity index (χ4v) is 2.85. The van der Waals surface area contributed by atoms with E-state index in [2.05, 4.69) is 21.2 Å². The zero-order chi connectivity index (χ0) is 13.5. The van der Waals surface area contributed by atoms with Crippen LogP contribution < -0.4 is 5.32 Å². The van der Waals surface area contributed by atoms with Crippen LogP contribution in [0.5, 0.6) is 0 Å². The number of hydrogen-bond donors (Lipinski definition) is 1. The molecule has 0 aliphatic rings. The number of sulfone groups is 1. The molecule has 0 fully saturated rings. The van der Waals surface area contributed by atoms with Gasteiger partial charge in [0.2, 0.25) is 0 Å². The summed E-state index contributed by atoms with van der Waals surface area (Å²) in [5.41, 5.74) is -0.571. The number of nitrogens with one attached hydrogen (secondary N) is 1. The minimum Gasteiger partial charge on any atom is -0.444 e. The lowest BCUT2D eigenvalue weighted by Crippen LogP contribution is -2.35. The van der Waals surface area contributed by atoms with Gasteiger partial charge >= 0.3 is 6.09 Å². The van der Waals surface area contributed by atoms with E-state index in [1.54, 1.807) is 20.8 Å². The zero-order valence-electron chi connectivity index (χ0n) is 10.5. The first-order valence-electron chi connectivity index (χ1n) is 5.39. The lowest BCUT2D eigenvalue weighted by molar-refractivity contribution is 0.0531. The second-order valence-electron chi connectivity index (χ2n) is 4.62. The Bertz CT molecular complexity index is 335. The fraction of sp³-hybridized carbons (Fsp3) is 0.900. The lowest BCUT2D eigenvalue weighted by Gasteiger charge is -2.19. The first kappa shape index (κ1) is 16.7. The molecule has 0 aromatic rings. The highest BCUT2D eigenvalue weighted by Crippen LogP contribution is 2.06. The van der Waals surface area contributed by atoms with Crippen LogP contribution in [0, 0.1) is 0 Å². The Morgan fingerprint density at radius 3 is 2.35 bits per heavy atom. The summed E-state index contributed by atoms with van der Waals surface area (Å²) < 4.78 is 27.9. The third kappa shape index (κ3) is 10.6. The van der Waals surface area contributed by atoms with E-state index in [-0.39, 0.29) is 18.1 Å². The summed E-state index contributed by atoms with van der Waals surface area (Å²) in [7, 11) is -3.08. The van der Waals surface area contributed by atoms with E-state index in [9.17, 15) is 13.2 Å². The van der Waals surface area contributed by atoms with Crippen molar-refractivity contribution in [2.24, 2.45) is 0 Å². The number of alkyl carbamates (subject to hydrolysis) is 1. The summed E-state index contributed by atoms with van der Waals surface area (Å²) >= 11 is 3.17. The monoisotopic (exact) mass is 329 g/mol. The highest BCUT2D eigenvalue weighted by Gasteiger charge is 2.16. The smallest absolute Gasteiger partial charge is 0.407 e. The number of carbonyl (C=O) groups is 1. The van der Waals surface area contributed by atoms with Crippen LogP contribution >= 0.6 is 15.9 Å². The number of amides is 1. The molecule has 0 spiro atoms. The van der Waals surface area contributed by atoms with Crippen molar-refractivity contribution in [3.63, 3.8) is 0 Å². The summed E-state index contributed by atoms with van der Waals surface area (Å²) in [6.07, 6.45) is -0.0115.